The Morgan fingerprint density at radius 1 is 1.41 bits per heavy atom. The molecule has 17 heavy (non-hydrogen) atoms. The second-order valence-electron chi connectivity index (χ2n) is 3.69. The number of hydrogen-bond acceptors (Lipinski definition) is 4. The summed E-state index contributed by atoms with van der Waals surface area (Å²) in [4.78, 5) is 0. The fourth-order valence-corrected chi connectivity index (χ4v) is 1.44. The van der Waals surface area contributed by atoms with E-state index in [9.17, 15) is 4.39 Å². The Morgan fingerprint density at radius 2 is 2.24 bits per heavy atom. The number of hydrogen-bond donors (Lipinski definition) is 1. The van der Waals surface area contributed by atoms with Crippen molar-refractivity contribution < 1.29 is 13.7 Å². The first-order valence-electron chi connectivity index (χ1n) is 5.22. The Balaban J connectivity index is 2.02. The minimum atomic E-state index is -0.278. The second kappa shape index (κ2) is 4.97. The molecule has 0 aliphatic carbocycles. The number of ether oxygens (including phenoxy) is 1. The third kappa shape index (κ3) is 2.82. The Bertz CT molecular complexity index is 511. The van der Waals surface area contributed by atoms with E-state index in [0.29, 0.717) is 23.7 Å². The van der Waals surface area contributed by atoms with E-state index in [4.69, 9.17) is 15.0 Å². The van der Waals surface area contributed by atoms with Gasteiger partial charge >= 0.3 is 0 Å². The number of halogens is 1. The van der Waals surface area contributed by atoms with E-state index in [0.717, 1.165) is 5.56 Å². The maximum atomic E-state index is 12.9. The molecule has 0 fully saturated rings. The van der Waals surface area contributed by atoms with Gasteiger partial charge in [-0.1, -0.05) is 5.16 Å². The molecule has 2 rings (SSSR count). The van der Waals surface area contributed by atoms with Crippen molar-refractivity contribution in [2.45, 2.75) is 20.1 Å². The molecule has 0 spiro atoms. The van der Waals surface area contributed by atoms with Crippen LogP contribution in [0, 0.1) is 12.7 Å². The number of aromatic nitrogens is 1. The Kier molecular flexibility index (Phi) is 3.39. The van der Waals surface area contributed by atoms with Gasteiger partial charge in [-0.25, -0.2) is 4.39 Å². The van der Waals surface area contributed by atoms with Crippen LogP contribution in [0.4, 0.5) is 4.39 Å². The van der Waals surface area contributed by atoms with Gasteiger partial charge in [-0.2, -0.15) is 0 Å². The lowest BCUT2D eigenvalue weighted by Crippen LogP contribution is -1.97. The highest BCUT2D eigenvalue weighted by molar-refractivity contribution is 5.32. The molecule has 1 heterocycles. The quantitative estimate of drug-likeness (QED) is 0.883. The molecule has 4 nitrogen and oxygen atoms in total. The normalized spacial score (nSPS) is 10.5. The maximum absolute atomic E-state index is 12.9. The summed E-state index contributed by atoms with van der Waals surface area (Å²) in [6.45, 7) is 2.36. The smallest absolute Gasteiger partial charge is 0.174 e. The molecule has 0 amide bonds. The molecule has 0 aliphatic rings. The van der Waals surface area contributed by atoms with Gasteiger partial charge in [0.15, 0.2) is 5.76 Å². The van der Waals surface area contributed by atoms with Crippen LogP contribution in [-0.2, 0) is 13.2 Å². The first-order valence-corrected chi connectivity index (χ1v) is 5.22. The number of nitrogens with two attached hydrogens (primary N) is 1. The molecule has 0 radical (unpaired) electrons. The van der Waals surface area contributed by atoms with Gasteiger partial charge in [-0.05, 0) is 30.7 Å². The predicted octanol–water partition coefficient (Wildman–Crippen LogP) is 2.16. The maximum Gasteiger partial charge on any atom is 0.174 e. The molecule has 1 aromatic heterocycles. The SMILES string of the molecule is Cc1cc(F)ccc1OCc1cc(CN)no1. The average molecular weight is 236 g/mol. The van der Waals surface area contributed by atoms with E-state index in [1.807, 2.05) is 0 Å². The summed E-state index contributed by atoms with van der Waals surface area (Å²) in [7, 11) is 0. The summed E-state index contributed by atoms with van der Waals surface area (Å²) >= 11 is 0. The standard InChI is InChI=1S/C12H13FN2O2/c1-8-4-9(13)2-3-12(8)16-7-11-5-10(6-14)15-17-11/h2-5H,6-7,14H2,1H3. The van der Waals surface area contributed by atoms with E-state index < -0.39 is 0 Å². The second-order valence-corrected chi connectivity index (χ2v) is 3.69. The summed E-state index contributed by atoms with van der Waals surface area (Å²) < 4.78 is 23.4. The van der Waals surface area contributed by atoms with Crippen LogP contribution in [0.5, 0.6) is 5.75 Å². The van der Waals surface area contributed by atoms with Gasteiger partial charge in [-0.15, -0.1) is 0 Å². The fourth-order valence-electron chi connectivity index (χ4n) is 1.44. The third-order valence-corrected chi connectivity index (χ3v) is 2.32. The van der Waals surface area contributed by atoms with E-state index in [1.54, 1.807) is 19.1 Å². The zero-order valence-electron chi connectivity index (χ0n) is 9.44. The molecular formula is C12H13FN2O2. The minimum absolute atomic E-state index is 0.249. The van der Waals surface area contributed by atoms with E-state index in [2.05, 4.69) is 5.16 Å². The van der Waals surface area contributed by atoms with Gasteiger partial charge in [0.25, 0.3) is 0 Å². The lowest BCUT2D eigenvalue weighted by atomic mass is 10.2. The predicted molar refractivity (Wildman–Crippen MR) is 59.9 cm³/mol. The first kappa shape index (κ1) is 11.6. The monoisotopic (exact) mass is 236 g/mol. The lowest BCUT2D eigenvalue weighted by molar-refractivity contribution is 0.247. The molecule has 2 N–H and O–H groups in total. The molecule has 0 unspecified atom stereocenters. The van der Waals surface area contributed by atoms with Crippen molar-refractivity contribution in [3.05, 3.63) is 47.1 Å². The largest absolute Gasteiger partial charge is 0.485 e. The Hall–Kier alpha value is -1.88. The van der Waals surface area contributed by atoms with Crippen LogP contribution < -0.4 is 10.5 Å². The van der Waals surface area contributed by atoms with Crippen LogP contribution in [-0.4, -0.2) is 5.16 Å². The molecule has 0 aliphatic heterocycles. The van der Waals surface area contributed by atoms with Crippen LogP contribution in [0.25, 0.3) is 0 Å². The van der Waals surface area contributed by atoms with Crippen molar-refractivity contribution in [3.8, 4) is 5.75 Å². The summed E-state index contributed by atoms with van der Waals surface area (Å²) in [6.07, 6.45) is 0. The number of benzene rings is 1. The molecule has 90 valence electrons. The van der Waals surface area contributed by atoms with Crippen LogP contribution in [0.15, 0.2) is 28.8 Å². The molecule has 5 heteroatoms. The van der Waals surface area contributed by atoms with E-state index in [1.165, 1.54) is 12.1 Å². The summed E-state index contributed by atoms with van der Waals surface area (Å²) in [5, 5.41) is 3.74. The van der Waals surface area contributed by atoms with Crippen molar-refractivity contribution in [2.24, 2.45) is 5.73 Å². The highest BCUT2D eigenvalue weighted by Crippen LogP contribution is 2.19. The zero-order valence-corrected chi connectivity index (χ0v) is 9.44. The molecule has 2 aromatic rings. The molecule has 0 saturated heterocycles. The summed E-state index contributed by atoms with van der Waals surface area (Å²) in [5.41, 5.74) is 6.83. The lowest BCUT2D eigenvalue weighted by Gasteiger charge is -2.06. The molecule has 0 bridgehead atoms. The van der Waals surface area contributed by atoms with E-state index in [-0.39, 0.29) is 12.4 Å². The summed E-state index contributed by atoms with van der Waals surface area (Å²) in [6, 6.07) is 6.10. The van der Waals surface area contributed by atoms with Gasteiger partial charge in [-0.3, -0.25) is 0 Å². The number of aryl methyl sites for hydroxylation is 1. The van der Waals surface area contributed by atoms with Crippen LogP contribution >= 0.6 is 0 Å². The Labute approximate surface area is 98.2 Å². The van der Waals surface area contributed by atoms with Crippen LogP contribution in [0.3, 0.4) is 0 Å². The van der Waals surface area contributed by atoms with E-state index >= 15 is 0 Å². The highest BCUT2D eigenvalue weighted by Gasteiger charge is 2.05. The molecular weight excluding hydrogens is 223 g/mol. The van der Waals surface area contributed by atoms with Crippen molar-refractivity contribution in [2.75, 3.05) is 0 Å². The fraction of sp³-hybridized carbons (Fsp3) is 0.250. The zero-order chi connectivity index (χ0) is 12.3. The van der Waals surface area contributed by atoms with Crippen molar-refractivity contribution in [1.82, 2.24) is 5.16 Å². The molecule has 0 saturated carbocycles. The van der Waals surface area contributed by atoms with Crippen LogP contribution in [0.1, 0.15) is 17.0 Å². The van der Waals surface area contributed by atoms with Gasteiger partial charge < -0.3 is 15.0 Å². The van der Waals surface area contributed by atoms with Crippen molar-refractivity contribution in [3.63, 3.8) is 0 Å². The molecule has 0 atom stereocenters. The van der Waals surface area contributed by atoms with Gasteiger partial charge in [0.1, 0.15) is 18.2 Å². The van der Waals surface area contributed by atoms with Gasteiger partial charge in [0.05, 0.1) is 5.69 Å². The Morgan fingerprint density at radius 3 is 2.88 bits per heavy atom. The van der Waals surface area contributed by atoms with Crippen molar-refractivity contribution >= 4 is 0 Å². The first-order chi connectivity index (χ1) is 8.19. The van der Waals surface area contributed by atoms with Gasteiger partial charge in [0, 0.05) is 12.6 Å². The topological polar surface area (TPSA) is 61.3 Å². The highest BCUT2D eigenvalue weighted by atomic mass is 19.1. The van der Waals surface area contributed by atoms with Crippen molar-refractivity contribution in [1.29, 1.82) is 0 Å². The third-order valence-electron chi connectivity index (χ3n) is 2.32. The average Bonchev–Trinajstić information content (AvgIpc) is 2.76. The molecule has 1 aromatic carbocycles. The minimum Gasteiger partial charge on any atom is -0.485 e. The van der Waals surface area contributed by atoms with Crippen LogP contribution in [0.2, 0.25) is 0 Å². The summed E-state index contributed by atoms with van der Waals surface area (Å²) in [5.74, 6) is 0.936. The van der Waals surface area contributed by atoms with Gasteiger partial charge in [0.2, 0.25) is 0 Å². The number of nitrogens with zero attached hydrogens (tertiary/aromatic N) is 1. The number of rotatable bonds is 4.